The van der Waals surface area contributed by atoms with Crippen molar-refractivity contribution in [3.05, 3.63) is 30.3 Å². The van der Waals surface area contributed by atoms with Crippen molar-refractivity contribution >= 4 is 11.6 Å². The Bertz CT molecular complexity index is 341. The summed E-state index contributed by atoms with van der Waals surface area (Å²) >= 11 is 0. The zero-order valence-electron chi connectivity index (χ0n) is 10.9. The van der Waals surface area contributed by atoms with E-state index in [-0.39, 0.29) is 19.1 Å². The van der Waals surface area contributed by atoms with Crippen molar-refractivity contribution in [2.24, 2.45) is 5.92 Å². The third kappa shape index (κ3) is 5.68. The third-order valence-corrected chi connectivity index (χ3v) is 2.93. The SMILES string of the molecule is CCC(CCO)CNC(=O)CNc1ccccc1. The average Bonchev–Trinajstić information content (AvgIpc) is 2.42. The number of anilines is 1. The molecular formula is C14H22N2O2. The van der Waals surface area contributed by atoms with E-state index in [1.165, 1.54) is 0 Å². The topological polar surface area (TPSA) is 61.4 Å². The molecule has 100 valence electrons. The Morgan fingerprint density at radius 2 is 2.06 bits per heavy atom. The summed E-state index contributed by atoms with van der Waals surface area (Å²) in [4.78, 5) is 11.6. The molecule has 1 atom stereocenters. The summed E-state index contributed by atoms with van der Waals surface area (Å²) in [6, 6.07) is 9.64. The first-order chi connectivity index (χ1) is 8.76. The lowest BCUT2D eigenvalue weighted by atomic mass is 10.0. The van der Waals surface area contributed by atoms with E-state index in [0.717, 1.165) is 18.5 Å². The molecule has 0 aliphatic heterocycles. The maximum atomic E-state index is 11.6. The monoisotopic (exact) mass is 250 g/mol. The molecule has 0 aliphatic rings. The summed E-state index contributed by atoms with van der Waals surface area (Å²) in [5, 5.41) is 14.8. The van der Waals surface area contributed by atoms with Crippen LogP contribution in [0.2, 0.25) is 0 Å². The van der Waals surface area contributed by atoms with Gasteiger partial charge in [-0.3, -0.25) is 4.79 Å². The number of para-hydroxylation sites is 1. The van der Waals surface area contributed by atoms with Crippen LogP contribution in [-0.2, 0) is 4.79 Å². The number of carbonyl (C=O) groups is 1. The van der Waals surface area contributed by atoms with Crippen LogP contribution in [0, 0.1) is 5.92 Å². The molecule has 0 aliphatic carbocycles. The van der Waals surface area contributed by atoms with Crippen LogP contribution >= 0.6 is 0 Å². The molecule has 4 heteroatoms. The van der Waals surface area contributed by atoms with Crippen LogP contribution in [0.15, 0.2) is 30.3 Å². The second-order valence-electron chi connectivity index (χ2n) is 4.31. The van der Waals surface area contributed by atoms with Crippen LogP contribution < -0.4 is 10.6 Å². The molecule has 1 aromatic rings. The number of rotatable bonds is 8. The zero-order chi connectivity index (χ0) is 13.2. The van der Waals surface area contributed by atoms with E-state index < -0.39 is 0 Å². The molecule has 1 amide bonds. The highest BCUT2D eigenvalue weighted by Crippen LogP contribution is 2.06. The average molecular weight is 250 g/mol. The van der Waals surface area contributed by atoms with Crippen molar-refractivity contribution in [3.63, 3.8) is 0 Å². The zero-order valence-corrected chi connectivity index (χ0v) is 10.9. The second kappa shape index (κ2) is 8.53. The Hall–Kier alpha value is -1.55. The van der Waals surface area contributed by atoms with Crippen molar-refractivity contribution in [1.29, 1.82) is 0 Å². The van der Waals surface area contributed by atoms with Gasteiger partial charge < -0.3 is 15.7 Å². The van der Waals surface area contributed by atoms with Crippen LogP contribution in [0.5, 0.6) is 0 Å². The van der Waals surface area contributed by atoms with Gasteiger partial charge in [-0.1, -0.05) is 31.5 Å². The van der Waals surface area contributed by atoms with Crippen molar-refractivity contribution in [2.45, 2.75) is 19.8 Å². The highest BCUT2D eigenvalue weighted by molar-refractivity contribution is 5.80. The Kier molecular flexibility index (Phi) is 6.87. The highest BCUT2D eigenvalue weighted by Gasteiger charge is 2.07. The predicted octanol–water partition coefficient (Wildman–Crippen LogP) is 1.62. The summed E-state index contributed by atoms with van der Waals surface area (Å²) in [6.45, 7) is 3.15. The minimum absolute atomic E-state index is 0.0183. The van der Waals surface area contributed by atoms with Gasteiger partial charge >= 0.3 is 0 Å². The van der Waals surface area contributed by atoms with Gasteiger partial charge in [0.1, 0.15) is 0 Å². The fourth-order valence-corrected chi connectivity index (χ4v) is 1.69. The van der Waals surface area contributed by atoms with Crippen LogP contribution in [-0.4, -0.2) is 30.7 Å². The molecule has 0 spiro atoms. The van der Waals surface area contributed by atoms with Gasteiger partial charge in [0.25, 0.3) is 0 Å². The summed E-state index contributed by atoms with van der Waals surface area (Å²) in [7, 11) is 0. The van der Waals surface area contributed by atoms with E-state index in [0.29, 0.717) is 12.5 Å². The number of aliphatic hydroxyl groups excluding tert-OH is 1. The number of amides is 1. The lowest BCUT2D eigenvalue weighted by Gasteiger charge is -2.14. The molecule has 1 rings (SSSR count). The van der Waals surface area contributed by atoms with Gasteiger partial charge in [-0.05, 0) is 24.5 Å². The van der Waals surface area contributed by atoms with E-state index in [4.69, 9.17) is 5.11 Å². The normalized spacial score (nSPS) is 11.9. The Morgan fingerprint density at radius 3 is 2.67 bits per heavy atom. The minimum Gasteiger partial charge on any atom is -0.396 e. The summed E-state index contributed by atoms with van der Waals surface area (Å²) in [6.07, 6.45) is 1.70. The molecule has 0 saturated heterocycles. The van der Waals surface area contributed by atoms with E-state index in [1.54, 1.807) is 0 Å². The molecule has 0 fully saturated rings. The first-order valence-electron chi connectivity index (χ1n) is 6.42. The number of carbonyl (C=O) groups excluding carboxylic acids is 1. The van der Waals surface area contributed by atoms with Crippen molar-refractivity contribution in [2.75, 3.05) is 25.0 Å². The van der Waals surface area contributed by atoms with Crippen molar-refractivity contribution in [1.82, 2.24) is 5.32 Å². The molecule has 0 aromatic heterocycles. The molecule has 0 radical (unpaired) electrons. The van der Waals surface area contributed by atoms with Crippen molar-refractivity contribution in [3.8, 4) is 0 Å². The first kappa shape index (κ1) is 14.5. The molecule has 0 saturated carbocycles. The summed E-state index contributed by atoms with van der Waals surface area (Å²) < 4.78 is 0. The van der Waals surface area contributed by atoms with E-state index >= 15 is 0 Å². The van der Waals surface area contributed by atoms with Crippen LogP contribution in [0.3, 0.4) is 0 Å². The molecule has 3 N–H and O–H groups in total. The van der Waals surface area contributed by atoms with E-state index in [2.05, 4.69) is 17.6 Å². The summed E-state index contributed by atoms with van der Waals surface area (Å²) in [5.41, 5.74) is 0.940. The Balaban J connectivity index is 2.21. The fraction of sp³-hybridized carbons (Fsp3) is 0.500. The van der Waals surface area contributed by atoms with Gasteiger partial charge in [0, 0.05) is 18.8 Å². The van der Waals surface area contributed by atoms with Crippen LogP contribution in [0.25, 0.3) is 0 Å². The largest absolute Gasteiger partial charge is 0.396 e. The lowest BCUT2D eigenvalue weighted by molar-refractivity contribution is -0.119. The van der Waals surface area contributed by atoms with Crippen LogP contribution in [0.4, 0.5) is 5.69 Å². The molecule has 0 bridgehead atoms. The Labute approximate surface area is 108 Å². The Morgan fingerprint density at radius 1 is 1.33 bits per heavy atom. The fourth-order valence-electron chi connectivity index (χ4n) is 1.69. The van der Waals surface area contributed by atoms with Gasteiger partial charge in [-0.15, -0.1) is 0 Å². The first-order valence-corrected chi connectivity index (χ1v) is 6.42. The number of aliphatic hydroxyl groups is 1. The predicted molar refractivity (Wildman–Crippen MR) is 73.4 cm³/mol. The lowest BCUT2D eigenvalue weighted by Crippen LogP contribution is -2.33. The molecular weight excluding hydrogens is 228 g/mol. The number of benzene rings is 1. The maximum Gasteiger partial charge on any atom is 0.239 e. The summed E-state index contributed by atoms with van der Waals surface area (Å²) in [5.74, 6) is 0.339. The van der Waals surface area contributed by atoms with Gasteiger partial charge in [0.2, 0.25) is 5.91 Å². The smallest absolute Gasteiger partial charge is 0.239 e. The van der Waals surface area contributed by atoms with Crippen molar-refractivity contribution < 1.29 is 9.90 Å². The van der Waals surface area contributed by atoms with Gasteiger partial charge in [-0.2, -0.15) is 0 Å². The van der Waals surface area contributed by atoms with E-state index in [9.17, 15) is 4.79 Å². The highest BCUT2D eigenvalue weighted by atomic mass is 16.3. The second-order valence-corrected chi connectivity index (χ2v) is 4.31. The molecule has 4 nitrogen and oxygen atoms in total. The molecule has 1 aromatic carbocycles. The number of hydrogen-bond donors (Lipinski definition) is 3. The van der Waals surface area contributed by atoms with Gasteiger partial charge in [0.05, 0.1) is 6.54 Å². The standard InChI is InChI=1S/C14H22N2O2/c1-2-12(8-9-17)10-16-14(18)11-15-13-6-4-3-5-7-13/h3-7,12,15,17H,2,8-11H2,1H3,(H,16,18). The maximum absolute atomic E-state index is 11.6. The number of nitrogens with one attached hydrogen (secondary N) is 2. The molecule has 1 unspecified atom stereocenters. The van der Waals surface area contributed by atoms with Gasteiger partial charge in [0.15, 0.2) is 0 Å². The quantitative estimate of drug-likeness (QED) is 0.657. The van der Waals surface area contributed by atoms with Crippen LogP contribution in [0.1, 0.15) is 19.8 Å². The minimum atomic E-state index is -0.0183. The molecule has 18 heavy (non-hydrogen) atoms. The number of hydrogen-bond acceptors (Lipinski definition) is 3. The van der Waals surface area contributed by atoms with Gasteiger partial charge in [-0.25, -0.2) is 0 Å². The third-order valence-electron chi connectivity index (χ3n) is 2.93. The van der Waals surface area contributed by atoms with E-state index in [1.807, 2.05) is 30.3 Å². The molecule has 0 heterocycles.